The summed E-state index contributed by atoms with van der Waals surface area (Å²) >= 11 is 1.80. The molecule has 0 spiro atoms. The first-order valence-electron chi connectivity index (χ1n) is 8.31. The Kier molecular flexibility index (Phi) is 5.69. The van der Waals surface area contributed by atoms with Crippen molar-refractivity contribution in [3.05, 3.63) is 53.6 Å². The number of methoxy groups -OCH3 is 2. The zero-order chi connectivity index (χ0) is 16.9. The Labute approximate surface area is 149 Å². The zero-order valence-corrected chi connectivity index (χ0v) is 15.4. The fourth-order valence-corrected chi connectivity index (χ4v) is 3.98. The van der Waals surface area contributed by atoms with Gasteiger partial charge in [-0.3, -0.25) is 4.90 Å². The van der Waals surface area contributed by atoms with E-state index >= 15 is 0 Å². The van der Waals surface area contributed by atoms with Crippen LogP contribution in [0.25, 0.3) is 0 Å². The second kappa shape index (κ2) is 7.95. The first kappa shape index (κ1) is 17.2. The third-order valence-corrected chi connectivity index (χ3v) is 5.41. The van der Waals surface area contributed by atoms with E-state index in [1.807, 2.05) is 6.07 Å². The van der Waals surface area contributed by atoms with Crippen molar-refractivity contribution in [2.24, 2.45) is 0 Å². The van der Waals surface area contributed by atoms with Crippen LogP contribution in [0.1, 0.15) is 23.5 Å². The molecule has 128 valence electrons. The molecule has 0 N–H and O–H groups in total. The third-order valence-electron chi connectivity index (χ3n) is 4.69. The molecule has 1 aliphatic rings. The van der Waals surface area contributed by atoms with Crippen LogP contribution in [0.15, 0.2) is 47.4 Å². The Hall–Kier alpha value is -1.65. The number of ether oxygens (including phenoxy) is 2. The van der Waals surface area contributed by atoms with Gasteiger partial charge in [0.1, 0.15) is 0 Å². The molecule has 0 saturated carbocycles. The molecule has 0 amide bonds. The summed E-state index contributed by atoms with van der Waals surface area (Å²) in [6, 6.07) is 15.0. The highest BCUT2D eigenvalue weighted by atomic mass is 32.2. The van der Waals surface area contributed by atoms with Gasteiger partial charge in [-0.15, -0.1) is 11.8 Å². The molecule has 1 fully saturated rings. The zero-order valence-electron chi connectivity index (χ0n) is 14.6. The minimum absolute atomic E-state index is 0.499. The van der Waals surface area contributed by atoms with E-state index < -0.39 is 0 Å². The highest BCUT2D eigenvalue weighted by Crippen LogP contribution is 2.39. The average Bonchev–Trinajstić information content (AvgIpc) is 3.09. The number of benzene rings is 2. The first-order chi connectivity index (χ1) is 11.7. The molecule has 24 heavy (non-hydrogen) atoms. The molecule has 1 heterocycles. The Balaban J connectivity index is 1.71. The van der Waals surface area contributed by atoms with Crippen LogP contribution in [-0.4, -0.2) is 38.5 Å². The average molecular weight is 343 g/mol. The van der Waals surface area contributed by atoms with Crippen LogP contribution in [0.4, 0.5) is 0 Å². The maximum Gasteiger partial charge on any atom is 0.164 e. The number of para-hydroxylation sites is 1. The number of rotatable bonds is 6. The van der Waals surface area contributed by atoms with Gasteiger partial charge in [0, 0.05) is 29.5 Å². The van der Waals surface area contributed by atoms with Crippen molar-refractivity contribution in [1.29, 1.82) is 0 Å². The van der Waals surface area contributed by atoms with E-state index in [0.29, 0.717) is 5.92 Å². The van der Waals surface area contributed by atoms with Crippen molar-refractivity contribution in [2.75, 3.05) is 33.6 Å². The van der Waals surface area contributed by atoms with Gasteiger partial charge in [0.2, 0.25) is 0 Å². The number of thioether (sulfide) groups is 1. The molecule has 2 aromatic carbocycles. The highest BCUT2D eigenvalue weighted by Gasteiger charge is 2.27. The lowest BCUT2D eigenvalue weighted by molar-refractivity contribution is 0.323. The van der Waals surface area contributed by atoms with Crippen molar-refractivity contribution in [2.45, 2.75) is 23.8 Å². The Morgan fingerprint density at radius 1 is 1.12 bits per heavy atom. The number of nitrogens with zero attached hydrogens (tertiary/aromatic N) is 1. The van der Waals surface area contributed by atoms with Crippen LogP contribution in [0.2, 0.25) is 0 Å². The predicted molar refractivity (Wildman–Crippen MR) is 100 cm³/mol. The Morgan fingerprint density at radius 3 is 2.71 bits per heavy atom. The van der Waals surface area contributed by atoms with E-state index in [1.54, 1.807) is 26.0 Å². The molecule has 2 aromatic rings. The molecular weight excluding hydrogens is 318 g/mol. The maximum absolute atomic E-state index is 5.62. The van der Waals surface area contributed by atoms with E-state index in [2.05, 4.69) is 47.6 Å². The van der Waals surface area contributed by atoms with Gasteiger partial charge in [-0.1, -0.05) is 24.3 Å². The van der Waals surface area contributed by atoms with Crippen LogP contribution in [-0.2, 0) is 6.54 Å². The van der Waals surface area contributed by atoms with Gasteiger partial charge >= 0.3 is 0 Å². The normalized spacial score (nSPS) is 17.9. The van der Waals surface area contributed by atoms with E-state index in [1.165, 1.54) is 16.0 Å². The van der Waals surface area contributed by atoms with Crippen LogP contribution in [0.3, 0.4) is 0 Å². The molecule has 3 nitrogen and oxygen atoms in total. The van der Waals surface area contributed by atoms with Gasteiger partial charge in [-0.25, -0.2) is 0 Å². The number of hydrogen-bond acceptors (Lipinski definition) is 4. The van der Waals surface area contributed by atoms with Gasteiger partial charge in [0.15, 0.2) is 11.5 Å². The van der Waals surface area contributed by atoms with E-state index in [0.717, 1.165) is 37.6 Å². The summed E-state index contributed by atoms with van der Waals surface area (Å²) < 4.78 is 11.1. The fourth-order valence-electron chi connectivity index (χ4n) is 3.49. The summed E-state index contributed by atoms with van der Waals surface area (Å²) in [6.07, 6.45) is 3.28. The van der Waals surface area contributed by atoms with Crippen LogP contribution < -0.4 is 9.47 Å². The van der Waals surface area contributed by atoms with E-state index in [9.17, 15) is 0 Å². The summed E-state index contributed by atoms with van der Waals surface area (Å²) in [4.78, 5) is 3.86. The topological polar surface area (TPSA) is 21.7 Å². The molecule has 4 heteroatoms. The van der Waals surface area contributed by atoms with Crippen LogP contribution in [0.5, 0.6) is 11.5 Å². The molecule has 1 saturated heterocycles. The third kappa shape index (κ3) is 3.70. The van der Waals surface area contributed by atoms with Crippen molar-refractivity contribution in [3.63, 3.8) is 0 Å². The molecule has 3 rings (SSSR count). The lowest BCUT2D eigenvalue weighted by atomic mass is 9.97. The summed E-state index contributed by atoms with van der Waals surface area (Å²) in [5, 5.41) is 0. The summed E-state index contributed by atoms with van der Waals surface area (Å²) in [5.74, 6) is 2.20. The molecular formula is C20H25NO2S. The predicted octanol–water partition coefficient (Wildman–Crippen LogP) is 4.42. The summed E-state index contributed by atoms with van der Waals surface area (Å²) in [6.45, 7) is 3.19. The van der Waals surface area contributed by atoms with Crippen LogP contribution >= 0.6 is 11.8 Å². The van der Waals surface area contributed by atoms with Crippen molar-refractivity contribution < 1.29 is 9.47 Å². The Bertz CT molecular complexity index is 689. The summed E-state index contributed by atoms with van der Waals surface area (Å²) in [5.41, 5.74) is 2.65. The van der Waals surface area contributed by atoms with Gasteiger partial charge in [-0.2, -0.15) is 0 Å². The summed E-state index contributed by atoms with van der Waals surface area (Å²) in [7, 11) is 3.42. The molecule has 0 bridgehead atoms. The second-order valence-corrected chi connectivity index (χ2v) is 7.03. The minimum Gasteiger partial charge on any atom is -0.493 e. The molecule has 0 aliphatic carbocycles. The smallest absolute Gasteiger partial charge is 0.164 e. The lowest BCUT2D eigenvalue weighted by Gasteiger charge is -2.19. The van der Waals surface area contributed by atoms with Crippen LogP contribution in [0, 0.1) is 0 Å². The number of likely N-dealkylation sites (tertiary alicyclic amines) is 1. The minimum atomic E-state index is 0.499. The standard InChI is InChI=1S/C20H25NO2S/c1-22-19-9-5-8-18(20(19)23-2)16-10-11-21(14-16)13-15-6-4-7-17(12-15)24-3/h4-9,12,16H,10-11,13-14H2,1-3H3. The molecule has 1 unspecified atom stereocenters. The van der Waals surface area contributed by atoms with Gasteiger partial charge in [0.05, 0.1) is 14.2 Å². The lowest BCUT2D eigenvalue weighted by Crippen LogP contribution is -2.19. The quantitative estimate of drug-likeness (QED) is 0.724. The second-order valence-electron chi connectivity index (χ2n) is 6.15. The van der Waals surface area contributed by atoms with Gasteiger partial charge in [-0.05, 0) is 43.0 Å². The molecule has 0 radical (unpaired) electrons. The number of hydrogen-bond donors (Lipinski definition) is 0. The van der Waals surface area contributed by atoms with Gasteiger partial charge in [0.25, 0.3) is 0 Å². The van der Waals surface area contributed by atoms with E-state index in [4.69, 9.17) is 9.47 Å². The van der Waals surface area contributed by atoms with Crippen molar-refractivity contribution in [3.8, 4) is 11.5 Å². The largest absolute Gasteiger partial charge is 0.493 e. The maximum atomic E-state index is 5.62. The SMILES string of the molecule is COc1cccc(C2CCN(Cc3cccc(SC)c3)C2)c1OC. The fraction of sp³-hybridized carbons (Fsp3) is 0.400. The molecule has 1 atom stereocenters. The molecule has 1 aliphatic heterocycles. The van der Waals surface area contributed by atoms with Gasteiger partial charge < -0.3 is 9.47 Å². The van der Waals surface area contributed by atoms with Crippen molar-refractivity contribution >= 4 is 11.8 Å². The Morgan fingerprint density at radius 2 is 1.96 bits per heavy atom. The molecule has 0 aromatic heterocycles. The monoisotopic (exact) mass is 343 g/mol. The first-order valence-corrected chi connectivity index (χ1v) is 9.53. The highest BCUT2D eigenvalue weighted by molar-refractivity contribution is 7.98. The van der Waals surface area contributed by atoms with Crippen molar-refractivity contribution in [1.82, 2.24) is 4.90 Å². The van der Waals surface area contributed by atoms with E-state index in [-0.39, 0.29) is 0 Å².